The van der Waals surface area contributed by atoms with Crippen LogP contribution in [0.5, 0.6) is 0 Å². The first kappa shape index (κ1) is 57.9. The van der Waals surface area contributed by atoms with Gasteiger partial charge < -0.3 is 24.7 Å². The van der Waals surface area contributed by atoms with Crippen LogP contribution in [0.1, 0.15) is 96.3 Å². The van der Waals surface area contributed by atoms with E-state index in [1.807, 2.05) is 67.7 Å². The smallest absolute Gasteiger partial charge is 0.335 e. The van der Waals surface area contributed by atoms with Crippen molar-refractivity contribution in [3.63, 3.8) is 0 Å². The number of piperidine rings is 2. The summed E-state index contributed by atoms with van der Waals surface area (Å²) < 4.78 is 50.3. The summed E-state index contributed by atoms with van der Waals surface area (Å²) in [4.78, 5) is 32.7. The summed E-state index contributed by atoms with van der Waals surface area (Å²) in [7, 11) is -3.48. The van der Waals surface area contributed by atoms with Crippen LogP contribution >= 0.6 is 0 Å². The molecule has 15 heteroatoms. The van der Waals surface area contributed by atoms with E-state index in [1.165, 1.54) is 24.0 Å². The van der Waals surface area contributed by atoms with Crippen LogP contribution in [0.25, 0.3) is 0 Å². The Morgan fingerprint density at radius 1 is 0.520 bits per heavy atom. The SMILES string of the molecule is CC1(C)CCN(c2ccc(C(=O)O)cc2)CC1.CN(CCc1ccccc1)Cc1ccc(S(=O)(=O)NC(=O)c2ccc(N3CCC(C)(C)CC3)cc2)cc1.CN(CCc1ccccc1)Cc1ccc(S(N)(=O)=O)cc1. The maximum absolute atomic E-state index is 12.8. The van der Waals surface area contributed by atoms with Gasteiger partial charge in [-0.15, -0.1) is 0 Å². The minimum Gasteiger partial charge on any atom is -0.478 e. The summed E-state index contributed by atoms with van der Waals surface area (Å²) >= 11 is 0. The number of benzene rings is 6. The molecule has 2 saturated heterocycles. The van der Waals surface area contributed by atoms with Crippen molar-refractivity contribution in [3.05, 3.63) is 191 Å². The van der Waals surface area contributed by atoms with E-state index in [2.05, 4.69) is 83.3 Å². The lowest BCUT2D eigenvalue weighted by atomic mass is 9.82. The lowest BCUT2D eigenvalue weighted by Gasteiger charge is -2.38. The Morgan fingerprint density at radius 3 is 1.24 bits per heavy atom. The second kappa shape index (κ2) is 26.4. The van der Waals surface area contributed by atoms with E-state index in [0.717, 1.165) is 94.0 Å². The largest absolute Gasteiger partial charge is 0.478 e. The first-order valence-electron chi connectivity index (χ1n) is 25.7. The minimum atomic E-state index is -3.97. The maximum Gasteiger partial charge on any atom is 0.335 e. The average Bonchev–Trinajstić information content (AvgIpc) is 3.38. The van der Waals surface area contributed by atoms with Gasteiger partial charge >= 0.3 is 5.97 Å². The van der Waals surface area contributed by atoms with Gasteiger partial charge in [-0.1, -0.05) is 113 Å². The van der Waals surface area contributed by atoms with Crippen molar-refractivity contribution < 1.29 is 31.5 Å². The number of amides is 1. The fourth-order valence-corrected chi connectivity index (χ4v) is 10.4. The molecule has 2 heterocycles. The van der Waals surface area contributed by atoms with Crippen molar-refractivity contribution in [3.8, 4) is 0 Å². The highest BCUT2D eigenvalue weighted by Crippen LogP contribution is 2.33. The molecule has 0 spiro atoms. The Bertz CT molecular complexity index is 2950. The topological polar surface area (TPSA) is 174 Å². The predicted molar refractivity (Wildman–Crippen MR) is 302 cm³/mol. The Morgan fingerprint density at radius 2 is 0.880 bits per heavy atom. The molecule has 13 nitrogen and oxygen atoms in total. The highest BCUT2D eigenvalue weighted by Gasteiger charge is 2.27. The van der Waals surface area contributed by atoms with Crippen molar-refractivity contribution in [2.24, 2.45) is 16.0 Å². The molecule has 0 bridgehead atoms. The van der Waals surface area contributed by atoms with Gasteiger partial charge in [0.1, 0.15) is 0 Å². The highest BCUT2D eigenvalue weighted by molar-refractivity contribution is 7.90. The Kier molecular flexibility index (Phi) is 20.4. The molecule has 0 aliphatic carbocycles. The zero-order chi connectivity index (χ0) is 54.2. The molecule has 6 aromatic carbocycles. The van der Waals surface area contributed by atoms with Crippen LogP contribution in [-0.4, -0.2) is 97.0 Å². The van der Waals surface area contributed by atoms with Gasteiger partial charge in [-0.25, -0.2) is 31.5 Å². The average molecular weight is 1060 g/mol. The molecule has 2 fully saturated rings. The molecular formula is C60H76N6O7S2. The number of likely N-dealkylation sites (N-methyl/N-ethyl adjacent to an activating group) is 2. The van der Waals surface area contributed by atoms with E-state index in [4.69, 9.17) is 10.2 Å². The van der Waals surface area contributed by atoms with Crippen LogP contribution in [0.15, 0.2) is 168 Å². The zero-order valence-corrected chi connectivity index (χ0v) is 46.1. The number of anilines is 2. The van der Waals surface area contributed by atoms with E-state index >= 15 is 0 Å². The van der Waals surface area contributed by atoms with Gasteiger partial charge in [0, 0.05) is 69.3 Å². The van der Waals surface area contributed by atoms with Crippen molar-refractivity contribution in [2.75, 3.05) is 63.2 Å². The molecule has 0 radical (unpaired) electrons. The van der Waals surface area contributed by atoms with Gasteiger partial charge in [0.05, 0.1) is 15.4 Å². The lowest BCUT2D eigenvalue weighted by molar-refractivity contribution is 0.0696. The summed E-state index contributed by atoms with van der Waals surface area (Å²) in [6.07, 6.45) is 6.56. The number of nitrogens with two attached hydrogens (primary N) is 1. The second-order valence-corrected chi connectivity index (χ2v) is 24.7. The van der Waals surface area contributed by atoms with E-state index in [1.54, 1.807) is 72.8 Å². The summed E-state index contributed by atoms with van der Waals surface area (Å²) in [5.74, 6) is -1.49. The number of sulfonamides is 2. The standard InChI is InChI=1S/C30H37N3O3S.C16H20N2O2S.C14H19NO2/c1-30(2)18-21-33(22-19-30)27-13-11-26(12-14-27)29(34)31-37(35,36)28-15-9-25(10-16-28)23-32(3)20-17-24-7-5-4-6-8-24;1-18(12-11-14-5-3-2-4-6-14)13-15-7-9-16(10-8-15)21(17,19)20;1-14(2)7-9-15(10-8-14)12-5-3-11(4-6-12)13(16)17/h4-16H,17-23H2,1-3H3,(H,31,34);2-10H,11-13H2,1H3,(H2,17,19,20);3-6H,7-10H2,1-2H3,(H,16,17). The molecule has 0 saturated carbocycles. The van der Waals surface area contributed by atoms with Gasteiger partial charge in [-0.2, -0.15) is 0 Å². The predicted octanol–water partition coefficient (Wildman–Crippen LogP) is 10.1. The van der Waals surface area contributed by atoms with Crippen molar-refractivity contribution in [2.45, 2.75) is 89.1 Å². The molecule has 2 aliphatic rings. The number of nitrogens with zero attached hydrogens (tertiary/aromatic N) is 4. The first-order chi connectivity index (χ1) is 35.5. The van der Waals surface area contributed by atoms with Crippen LogP contribution in [-0.2, 0) is 46.0 Å². The molecule has 0 atom stereocenters. The molecule has 4 N–H and O–H groups in total. The number of aromatic carboxylic acids is 1. The molecule has 6 aromatic rings. The number of carboxylic acids is 1. The third-order valence-corrected chi connectivity index (χ3v) is 16.4. The third kappa shape index (κ3) is 18.8. The van der Waals surface area contributed by atoms with Gasteiger partial charge in [0.2, 0.25) is 10.0 Å². The fraction of sp³-hybridized carbons (Fsp3) is 0.367. The number of hydrogen-bond donors (Lipinski definition) is 3. The van der Waals surface area contributed by atoms with Crippen LogP contribution in [0.4, 0.5) is 11.4 Å². The number of carbonyl (C=O) groups excluding carboxylic acids is 1. The summed E-state index contributed by atoms with van der Waals surface area (Å²) in [5, 5.41) is 13.9. The normalized spacial score (nSPS) is 15.3. The number of rotatable bonds is 17. The summed E-state index contributed by atoms with van der Waals surface area (Å²) in [5.41, 5.74) is 8.34. The third-order valence-electron chi connectivity index (χ3n) is 14.1. The molecule has 8 rings (SSSR count). The number of carbonyl (C=O) groups is 2. The molecule has 0 aromatic heterocycles. The molecule has 2 aliphatic heterocycles. The molecule has 0 unspecified atom stereocenters. The maximum atomic E-state index is 12.8. The van der Waals surface area contributed by atoms with Crippen molar-refractivity contribution in [1.29, 1.82) is 0 Å². The van der Waals surface area contributed by atoms with Gasteiger partial charge in [-0.3, -0.25) is 4.79 Å². The molecule has 75 heavy (non-hydrogen) atoms. The van der Waals surface area contributed by atoms with Crippen molar-refractivity contribution in [1.82, 2.24) is 14.5 Å². The lowest BCUT2D eigenvalue weighted by Crippen LogP contribution is -2.37. The highest BCUT2D eigenvalue weighted by atomic mass is 32.2. The minimum absolute atomic E-state index is 0.0732. The monoisotopic (exact) mass is 1060 g/mol. The van der Waals surface area contributed by atoms with E-state index < -0.39 is 31.9 Å². The van der Waals surface area contributed by atoms with Crippen LogP contribution in [0.3, 0.4) is 0 Å². The van der Waals surface area contributed by atoms with Crippen molar-refractivity contribution >= 4 is 43.3 Å². The van der Waals surface area contributed by atoms with E-state index in [9.17, 15) is 26.4 Å². The van der Waals surface area contributed by atoms with Gasteiger partial charge in [0.25, 0.3) is 15.9 Å². The zero-order valence-electron chi connectivity index (χ0n) is 44.5. The fourth-order valence-electron chi connectivity index (χ4n) is 8.89. The Balaban J connectivity index is 0.000000202. The van der Waals surface area contributed by atoms with E-state index in [-0.39, 0.29) is 9.79 Å². The van der Waals surface area contributed by atoms with Crippen LogP contribution in [0.2, 0.25) is 0 Å². The molecule has 1 amide bonds. The Hall–Kier alpha value is -6.36. The molecular weight excluding hydrogens is 981 g/mol. The van der Waals surface area contributed by atoms with Crippen LogP contribution < -0.4 is 19.7 Å². The Labute approximate surface area is 446 Å². The van der Waals surface area contributed by atoms with Gasteiger partial charge in [-0.05, 0) is 159 Å². The number of nitrogens with one attached hydrogen (secondary N) is 1. The number of hydrogen-bond acceptors (Lipinski definition) is 10. The molecule has 400 valence electrons. The number of primary sulfonamides is 1. The van der Waals surface area contributed by atoms with Gasteiger partial charge in [0.15, 0.2) is 0 Å². The van der Waals surface area contributed by atoms with Crippen LogP contribution in [0, 0.1) is 10.8 Å². The van der Waals surface area contributed by atoms with E-state index in [0.29, 0.717) is 28.5 Å². The quantitative estimate of drug-likeness (QED) is 0.0793. The summed E-state index contributed by atoms with van der Waals surface area (Å²) in [6, 6.07) is 48.4. The number of carboxylic acid groups (broad SMARTS) is 1. The second-order valence-electron chi connectivity index (χ2n) is 21.4. The first-order valence-corrected chi connectivity index (χ1v) is 28.7. The summed E-state index contributed by atoms with van der Waals surface area (Å²) in [6.45, 7) is 16.6.